The number of nitrogens with zero attached hydrogens (tertiary/aromatic N) is 1. The van der Waals surface area contributed by atoms with Crippen LogP contribution in [0.5, 0.6) is 0 Å². The molecule has 21 heavy (non-hydrogen) atoms. The smallest absolute Gasteiger partial charge is 0.341 e. The minimum Gasteiger partial charge on any atom is -0.382 e. The van der Waals surface area contributed by atoms with Crippen molar-refractivity contribution in [3.05, 3.63) is 24.3 Å². The van der Waals surface area contributed by atoms with Gasteiger partial charge in [0.15, 0.2) is 0 Å². The van der Waals surface area contributed by atoms with Crippen molar-refractivity contribution in [2.24, 2.45) is 0 Å². The Hall–Kier alpha value is -1.21. The first-order chi connectivity index (χ1) is 9.93. The minimum absolute atomic E-state index is 0.231. The van der Waals surface area contributed by atoms with Crippen molar-refractivity contribution >= 4 is 15.5 Å². The second kappa shape index (κ2) is 6.70. The molecule has 0 spiro atoms. The maximum Gasteiger partial charge on any atom is 0.341 e. The van der Waals surface area contributed by atoms with E-state index in [1.807, 2.05) is 6.92 Å². The van der Waals surface area contributed by atoms with Crippen LogP contribution in [0.2, 0.25) is 0 Å². The summed E-state index contributed by atoms with van der Waals surface area (Å²) in [6.45, 7) is 4.62. The molecule has 0 aliphatic carbocycles. The van der Waals surface area contributed by atoms with E-state index in [-0.39, 0.29) is 16.6 Å². The maximum absolute atomic E-state index is 12.7. The molecule has 0 amide bonds. The van der Waals surface area contributed by atoms with Crippen molar-refractivity contribution in [1.82, 2.24) is 4.90 Å². The molecule has 1 N–H and O–H groups in total. The average Bonchev–Trinajstić information content (AvgIpc) is 2.99. The summed E-state index contributed by atoms with van der Waals surface area (Å²) < 4.78 is 48.7. The third-order valence-corrected chi connectivity index (χ3v) is 5.22. The zero-order chi connectivity index (χ0) is 15.5. The molecule has 1 saturated heterocycles. The fourth-order valence-corrected chi connectivity index (χ4v) is 3.43. The Morgan fingerprint density at radius 3 is 2.48 bits per heavy atom. The van der Waals surface area contributed by atoms with Crippen molar-refractivity contribution in [3.63, 3.8) is 0 Å². The zero-order valence-corrected chi connectivity index (χ0v) is 12.7. The number of nitrogens with one attached hydrogen (secondary N) is 1. The Morgan fingerprint density at radius 2 is 1.86 bits per heavy atom. The summed E-state index contributed by atoms with van der Waals surface area (Å²) in [5.41, 5.74) is 0.240. The van der Waals surface area contributed by atoms with E-state index in [1.54, 1.807) is 6.07 Å². The number of alkyl halides is 2. The molecule has 1 heterocycles. The number of hydrogen-bond donors (Lipinski definition) is 1. The number of para-hydroxylation sites is 1. The first kappa shape index (κ1) is 16.2. The van der Waals surface area contributed by atoms with E-state index in [0.717, 1.165) is 13.1 Å². The lowest BCUT2D eigenvalue weighted by molar-refractivity contribution is 0.235. The number of halogens is 2. The van der Waals surface area contributed by atoms with Gasteiger partial charge in [0.25, 0.3) is 0 Å². The van der Waals surface area contributed by atoms with E-state index in [9.17, 15) is 17.2 Å². The Balaban J connectivity index is 2.10. The van der Waals surface area contributed by atoms with Crippen LogP contribution in [0.25, 0.3) is 0 Å². The number of sulfone groups is 1. The van der Waals surface area contributed by atoms with Crippen LogP contribution in [0.4, 0.5) is 14.5 Å². The number of hydrogen-bond acceptors (Lipinski definition) is 4. The van der Waals surface area contributed by atoms with Crippen LogP contribution in [0.15, 0.2) is 29.2 Å². The molecule has 1 unspecified atom stereocenters. The van der Waals surface area contributed by atoms with Crippen LogP contribution in [-0.2, 0) is 9.84 Å². The quantitative estimate of drug-likeness (QED) is 0.876. The van der Waals surface area contributed by atoms with Gasteiger partial charge >= 0.3 is 5.76 Å². The van der Waals surface area contributed by atoms with Gasteiger partial charge in [-0.25, -0.2) is 8.42 Å². The molecule has 1 fully saturated rings. The van der Waals surface area contributed by atoms with Crippen molar-refractivity contribution in [1.29, 1.82) is 0 Å². The van der Waals surface area contributed by atoms with Crippen molar-refractivity contribution in [3.8, 4) is 0 Å². The predicted octanol–water partition coefficient (Wildman–Crippen LogP) is 2.58. The zero-order valence-electron chi connectivity index (χ0n) is 11.9. The molecule has 1 aliphatic heterocycles. The lowest BCUT2D eigenvalue weighted by Gasteiger charge is -2.24. The summed E-state index contributed by atoms with van der Waals surface area (Å²) in [6.07, 6.45) is 2.33. The second-order valence-corrected chi connectivity index (χ2v) is 7.16. The molecule has 1 atom stereocenters. The highest BCUT2D eigenvalue weighted by Crippen LogP contribution is 2.26. The van der Waals surface area contributed by atoms with Crippen molar-refractivity contribution < 1.29 is 17.2 Å². The van der Waals surface area contributed by atoms with Crippen LogP contribution in [-0.4, -0.2) is 44.8 Å². The van der Waals surface area contributed by atoms with E-state index < -0.39 is 15.6 Å². The SMILES string of the molecule is CC(CNc1ccccc1S(=O)(=O)C(F)F)N1CCCC1. The van der Waals surface area contributed by atoms with Gasteiger partial charge in [-0.15, -0.1) is 0 Å². The Morgan fingerprint density at radius 1 is 1.24 bits per heavy atom. The standard InChI is InChI=1S/C14H20F2N2O2S/c1-11(18-8-4-5-9-18)10-17-12-6-2-3-7-13(12)21(19,20)14(15)16/h2-3,6-7,11,14,17H,4-5,8-10H2,1H3. The summed E-state index contributed by atoms with van der Waals surface area (Å²) in [4.78, 5) is 1.96. The molecular formula is C14H20F2N2O2S. The van der Waals surface area contributed by atoms with Gasteiger partial charge in [0.05, 0.1) is 10.6 Å². The fourth-order valence-electron chi connectivity index (χ4n) is 2.53. The van der Waals surface area contributed by atoms with Crippen LogP contribution >= 0.6 is 0 Å². The summed E-state index contributed by atoms with van der Waals surface area (Å²) >= 11 is 0. The summed E-state index contributed by atoms with van der Waals surface area (Å²) in [6, 6.07) is 6.04. The minimum atomic E-state index is -4.58. The molecule has 0 radical (unpaired) electrons. The summed E-state index contributed by atoms with van der Waals surface area (Å²) in [5.74, 6) is -3.41. The highest BCUT2D eigenvalue weighted by atomic mass is 32.2. The number of anilines is 1. The summed E-state index contributed by atoms with van der Waals surface area (Å²) in [7, 11) is -4.58. The topological polar surface area (TPSA) is 49.4 Å². The van der Waals surface area contributed by atoms with E-state index >= 15 is 0 Å². The van der Waals surface area contributed by atoms with E-state index in [4.69, 9.17) is 0 Å². The van der Waals surface area contributed by atoms with Crippen molar-refractivity contribution in [2.45, 2.75) is 36.5 Å². The van der Waals surface area contributed by atoms with Gasteiger partial charge in [-0.3, -0.25) is 4.90 Å². The highest BCUT2D eigenvalue weighted by Gasteiger charge is 2.29. The molecule has 2 rings (SSSR count). The highest BCUT2D eigenvalue weighted by molar-refractivity contribution is 7.91. The average molecular weight is 318 g/mol. The molecule has 1 aromatic rings. The second-order valence-electron chi connectivity index (χ2n) is 5.27. The molecular weight excluding hydrogens is 298 g/mol. The third kappa shape index (κ3) is 3.71. The Kier molecular flexibility index (Phi) is 5.16. The van der Waals surface area contributed by atoms with E-state index in [2.05, 4.69) is 10.2 Å². The van der Waals surface area contributed by atoms with Gasteiger partial charge in [-0.2, -0.15) is 8.78 Å². The van der Waals surface area contributed by atoms with E-state index in [0.29, 0.717) is 6.54 Å². The number of rotatable bonds is 6. The van der Waals surface area contributed by atoms with Crippen LogP contribution < -0.4 is 5.32 Å². The van der Waals surface area contributed by atoms with Crippen LogP contribution in [0.1, 0.15) is 19.8 Å². The Bertz CT molecular complexity index is 572. The molecule has 118 valence electrons. The normalized spacial score (nSPS) is 18.1. The first-order valence-corrected chi connectivity index (χ1v) is 8.56. The molecule has 0 aromatic heterocycles. The molecule has 1 aromatic carbocycles. The third-order valence-electron chi connectivity index (χ3n) is 3.78. The van der Waals surface area contributed by atoms with E-state index in [1.165, 1.54) is 31.0 Å². The Labute approximate surface area is 124 Å². The number of benzene rings is 1. The van der Waals surface area contributed by atoms with Gasteiger partial charge in [-0.05, 0) is 45.0 Å². The van der Waals surface area contributed by atoms with Gasteiger partial charge in [0, 0.05) is 12.6 Å². The summed E-state index contributed by atoms with van der Waals surface area (Å²) in [5, 5.41) is 3.00. The molecule has 4 nitrogen and oxygen atoms in total. The van der Waals surface area contributed by atoms with Crippen LogP contribution in [0, 0.1) is 0 Å². The number of likely N-dealkylation sites (tertiary alicyclic amines) is 1. The van der Waals surface area contributed by atoms with Gasteiger partial charge in [0.2, 0.25) is 9.84 Å². The fraction of sp³-hybridized carbons (Fsp3) is 0.571. The largest absolute Gasteiger partial charge is 0.382 e. The molecule has 1 aliphatic rings. The molecule has 7 heteroatoms. The lowest BCUT2D eigenvalue weighted by Crippen LogP contribution is -2.35. The molecule has 0 saturated carbocycles. The monoisotopic (exact) mass is 318 g/mol. The van der Waals surface area contributed by atoms with Crippen LogP contribution in [0.3, 0.4) is 0 Å². The van der Waals surface area contributed by atoms with Crippen molar-refractivity contribution in [2.75, 3.05) is 25.0 Å². The predicted molar refractivity (Wildman–Crippen MR) is 78.4 cm³/mol. The lowest BCUT2D eigenvalue weighted by atomic mass is 10.2. The first-order valence-electron chi connectivity index (χ1n) is 7.02. The van der Waals surface area contributed by atoms with Gasteiger partial charge in [-0.1, -0.05) is 12.1 Å². The maximum atomic E-state index is 12.7. The van der Waals surface area contributed by atoms with Gasteiger partial charge in [0.1, 0.15) is 0 Å². The van der Waals surface area contributed by atoms with Gasteiger partial charge < -0.3 is 5.32 Å². The molecule has 0 bridgehead atoms.